The van der Waals surface area contributed by atoms with E-state index in [0.717, 1.165) is 36.4 Å². The van der Waals surface area contributed by atoms with Crippen LogP contribution < -0.4 is 5.32 Å². The average Bonchev–Trinajstić information content (AvgIpc) is 2.94. The molecule has 1 aromatic heterocycles. The lowest BCUT2D eigenvalue weighted by atomic mass is 10.1. The molecule has 1 aliphatic rings. The molecule has 0 aliphatic carbocycles. The van der Waals surface area contributed by atoms with Gasteiger partial charge in [-0.1, -0.05) is 0 Å². The second-order valence-corrected chi connectivity index (χ2v) is 5.36. The van der Waals surface area contributed by atoms with E-state index in [9.17, 15) is 4.79 Å². The van der Waals surface area contributed by atoms with Gasteiger partial charge >= 0.3 is 0 Å². The maximum absolute atomic E-state index is 12.1. The summed E-state index contributed by atoms with van der Waals surface area (Å²) in [7, 11) is 1.90. The first-order valence-electron chi connectivity index (χ1n) is 6.89. The second-order valence-electron chi connectivity index (χ2n) is 5.36. The quantitative estimate of drug-likeness (QED) is 0.891. The van der Waals surface area contributed by atoms with E-state index in [4.69, 9.17) is 4.74 Å². The molecule has 1 fully saturated rings. The summed E-state index contributed by atoms with van der Waals surface area (Å²) in [6.07, 6.45) is 2.68. The highest BCUT2D eigenvalue weighted by atomic mass is 16.5. The molecule has 5 heteroatoms. The lowest BCUT2D eigenvalue weighted by Gasteiger charge is -2.20. The fourth-order valence-electron chi connectivity index (χ4n) is 2.63. The molecule has 1 saturated heterocycles. The smallest absolute Gasteiger partial charge is 0.224 e. The predicted molar refractivity (Wildman–Crippen MR) is 73.0 cm³/mol. The number of ether oxygens (including phenoxy) is 1. The minimum Gasteiger partial charge on any atom is -0.376 e. The number of aromatic nitrogens is 2. The minimum absolute atomic E-state index is 0.0437. The van der Waals surface area contributed by atoms with E-state index in [-0.39, 0.29) is 18.1 Å². The van der Waals surface area contributed by atoms with Gasteiger partial charge in [0, 0.05) is 24.9 Å². The van der Waals surface area contributed by atoms with Gasteiger partial charge in [0.2, 0.25) is 5.91 Å². The summed E-state index contributed by atoms with van der Waals surface area (Å²) >= 11 is 0. The normalized spacial score (nSPS) is 20.5. The van der Waals surface area contributed by atoms with Crippen LogP contribution in [0.2, 0.25) is 0 Å². The Labute approximate surface area is 114 Å². The van der Waals surface area contributed by atoms with Gasteiger partial charge in [-0.05, 0) is 33.6 Å². The molecule has 0 bridgehead atoms. The molecule has 0 spiro atoms. The molecule has 1 aliphatic heterocycles. The Kier molecular flexibility index (Phi) is 4.24. The lowest BCUT2D eigenvalue weighted by molar-refractivity contribution is -0.121. The summed E-state index contributed by atoms with van der Waals surface area (Å²) in [4.78, 5) is 12.1. The zero-order valence-corrected chi connectivity index (χ0v) is 12.2. The van der Waals surface area contributed by atoms with Crippen molar-refractivity contribution < 1.29 is 9.53 Å². The zero-order chi connectivity index (χ0) is 14.0. The highest BCUT2D eigenvalue weighted by Gasteiger charge is 2.24. The summed E-state index contributed by atoms with van der Waals surface area (Å²) in [5.74, 6) is 0.0437. The van der Waals surface area contributed by atoms with E-state index < -0.39 is 0 Å². The van der Waals surface area contributed by atoms with E-state index in [0.29, 0.717) is 6.42 Å². The molecule has 0 unspecified atom stereocenters. The van der Waals surface area contributed by atoms with Crippen LogP contribution in [0, 0.1) is 13.8 Å². The first-order chi connectivity index (χ1) is 8.99. The Morgan fingerprint density at radius 1 is 1.58 bits per heavy atom. The summed E-state index contributed by atoms with van der Waals surface area (Å²) < 4.78 is 7.41. The molecule has 0 aromatic carbocycles. The van der Waals surface area contributed by atoms with Gasteiger partial charge in [0.15, 0.2) is 0 Å². The molecule has 0 saturated carbocycles. The van der Waals surface area contributed by atoms with Gasteiger partial charge in [-0.25, -0.2) is 0 Å². The van der Waals surface area contributed by atoms with Crippen molar-refractivity contribution in [3.05, 3.63) is 17.0 Å². The Morgan fingerprint density at radius 2 is 2.32 bits per heavy atom. The van der Waals surface area contributed by atoms with Crippen LogP contribution in [0.3, 0.4) is 0 Å². The maximum atomic E-state index is 12.1. The summed E-state index contributed by atoms with van der Waals surface area (Å²) in [6, 6.07) is 0.0762. The predicted octanol–water partition coefficient (Wildman–Crippen LogP) is 1.26. The van der Waals surface area contributed by atoms with Crippen molar-refractivity contribution in [1.82, 2.24) is 15.1 Å². The average molecular weight is 265 g/mol. The largest absolute Gasteiger partial charge is 0.376 e. The van der Waals surface area contributed by atoms with E-state index >= 15 is 0 Å². The SMILES string of the molecule is Cc1nn(C)c(C)c1CC(=O)N[C@H](C)[C@H]1CCCO1. The fraction of sp³-hybridized carbons (Fsp3) is 0.714. The fourth-order valence-corrected chi connectivity index (χ4v) is 2.63. The molecule has 0 radical (unpaired) electrons. The third-order valence-corrected chi connectivity index (χ3v) is 3.91. The van der Waals surface area contributed by atoms with E-state index in [1.165, 1.54) is 0 Å². The van der Waals surface area contributed by atoms with Crippen molar-refractivity contribution in [1.29, 1.82) is 0 Å². The standard InChI is InChI=1S/C14H23N3O2/c1-9-12(11(3)17(4)16-9)8-14(18)15-10(2)13-6-5-7-19-13/h10,13H,5-8H2,1-4H3,(H,15,18)/t10-,13-/m1/s1. The van der Waals surface area contributed by atoms with Crippen LogP contribution in [0.25, 0.3) is 0 Å². The molecular weight excluding hydrogens is 242 g/mol. The van der Waals surface area contributed by atoms with Gasteiger partial charge in [0.1, 0.15) is 0 Å². The number of carbonyl (C=O) groups is 1. The second kappa shape index (κ2) is 5.74. The molecular formula is C14H23N3O2. The molecule has 106 valence electrons. The number of hydrogen-bond donors (Lipinski definition) is 1. The number of nitrogens with one attached hydrogen (secondary N) is 1. The summed E-state index contributed by atoms with van der Waals surface area (Å²) in [5.41, 5.74) is 3.01. The van der Waals surface area contributed by atoms with E-state index in [1.54, 1.807) is 0 Å². The highest BCUT2D eigenvalue weighted by Crippen LogP contribution is 2.16. The number of carbonyl (C=O) groups excluding carboxylic acids is 1. The van der Waals surface area contributed by atoms with Crippen LogP contribution in [0.4, 0.5) is 0 Å². The van der Waals surface area contributed by atoms with Crippen molar-refractivity contribution in [2.75, 3.05) is 6.61 Å². The van der Waals surface area contributed by atoms with Gasteiger partial charge < -0.3 is 10.1 Å². The van der Waals surface area contributed by atoms with Crippen LogP contribution in [0.5, 0.6) is 0 Å². The molecule has 1 amide bonds. The zero-order valence-electron chi connectivity index (χ0n) is 12.2. The first-order valence-corrected chi connectivity index (χ1v) is 6.89. The van der Waals surface area contributed by atoms with Gasteiger partial charge in [-0.15, -0.1) is 0 Å². The van der Waals surface area contributed by atoms with Crippen LogP contribution in [0.15, 0.2) is 0 Å². The van der Waals surface area contributed by atoms with Crippen LogP contribution >= 0.6 is 0 Å². The van der Waals surface area contributed by atoms with Crippen molar-refractivity contribution >= 4 is 5.91 Å². The van der Waals surface area contributed by atoms with Gasteiger partial charge in [0.25, 0.3) is 0 Å². The van der Waals surface area contributed by atoms with Crippen LogP contribution in [-0.2, 0) is 23.0 Å². The summed E-state index contributed by atoms with van der Waals surface area (Å²) in [6.45, 7) is 6.76. The number of nitrogens with zero attached hydrogens (tertiary/aromatic N) is 2. The Hall–Kier alpha value is -1.36. The Morgan fingerprint density at radius 3 is 2.84 bits per heavy atom. The number of hydrogen-bond acceptors (Lipinski definition) is 3. The van der Waals surface area contributed by atoms with Crippen molar-refractivity contribution in [2.24, 2.45) is 7.05 Å². The third kappa shape index (κ3) is 3.15. The van der Waals surface area contributed by atoms with E-state index in [2.05, 4.69) is 10.4 Å². The molecule has 1 aromatic rings. The molecule has 1 N–H and O–H groups in total. The molecule has 2 rings (SSSR count). The Balaban J connectivity index is 1.93. The van der Waals surface area contributed by atoms with Gasteiger partial charge in [-0.3, -0.25) is 9.48 Å². The monoisotopic (exact) mass is 265 g/mol. The minimum atomic E-state index is 0.0437. The van der Waals surface area contributed by atoms with Crippen molar-refractivity contribution in [2.45, 2.75) is 52.2 Å². The summed E-state index contributed by atoms with van der Waals surface area (Å²) in [5, 5.41) is 7.37. The lowest BCUT2D eigenvalue weighted by Crippen LogP contribution is -2.41. The van der Waals surface area contributed by atoms with E-state index in [1.807, 2.05) is 32.5 Å². The van der Waals surface area contributed by atoms with Gasteiger partial charge in [-0.2, -0.15) is 5.10 Å². The van der Waals surface area contributed by atoms with Crippen molar-refractivity contribution in [3.63, 3.8) is 0 Å². The number of rotatable bonds is 4. The maximum Gasteiger partial charge on any atom is 0.224 e. The topological polar surface area (TPSA) is 56.2 Å². The molecule has 5 nitrogen and oxygen atoms in total. The van der Waals surface area contributed by atoms with Crippen LogP contribution in [0.1, 0.15) is 36.7 Å². The molecule has 2 heterocycles. The van der Waals surface area contributed by atoms with Crippen LogP contribution in [-0.4, -0.2) is 34.4 Å². The van der Waals surface area contributed by atoms with Crippen molar-refractivity contribution in [3.8, 4) is 0 Å². The third-order valence-electron chi connectivity index (χ3n) is 3.91. The molecule has 2 atom stereocenters. The molecule has 19 heavy (non-hydrogen) atoms. The number of aryl methyl sites for hydroxylation is 2. The highest BCUT2D eigenvalue weighted by molar-refractivity contribution is 5.79. The Bertz CT molecular complexity index is 462. The van der Waals surface area contributed by atoms with Gasteiger partial charge in [0.05, 0.1) is 24.3 Å². The first kappa shape index (κ1) is 14.1. The number of amides is 1.